The first kappa shape index (κ1) is 11.1. The van der Waals surface area contributed by atoms with E-state index < -0.39 is 0 Å². The number of aliphatic hydroxyl groups excluding tert-OH is 1. The lowest BCUT2D eigenvalue weighted by Gasteiger charge is -2.40. The number of ketones is 1. The molecule has 2 saturated carbocycles. The Labute approximate surface area is 92.1 Å². The predicted molar refractivity (Wildman–Crippen MR) is 59.5 cm³/mol. The van der Waals surface area contributed by atoms with E-state index in [1.165, 1.54) is 19.3 Å². The Balaban J connectivity index is 2.27. The summed E-state index contributed by atoms with van der Waals surface area (Å²) in [5.74, 6) is 0.673. The van der Waals surface area contributed by atoms with Gasteiger partial charge in [0.05, 0.1) is 0 Å². The molecule has 0 amide bonds. The van der Waals surface area contributed by atoms with Gasteiger partial charge in [-0.05, 0) is 36.5 Å². The molecule has 2 aliphatic rings. The first-order chi connectivity index (χ1) is 7.06. The quantitative estimate of drug-likeness (QED) is 0.777. The molecular formula is C13H22O2. The van der Waals surface area contributed by atoms with E-state index in [1.807, 2.05) is 0 Å². The summed E-state index contributed by atoms with van der Waals surface area (Å²) in [6, 6.07) is 0. The highest BCUT2D eigenvalue weighted by Crippen LogP contribution is 2.65. The Kier molecular flexibility index (Phi) is 2.66. The van der Waals surface area contributed by atoms with Gasteiger partial charge in [-0.25, -0.2) is 0 Å². The molecule has 0 spiro atoms. The van der Waals surface area contributed by atoms with Crippen LogP contribution in [0.2, 0.25) is 0 Å². The molecule has 0 heterocycles. The van der Waals surface area contributed by atoms with Gasteiger partial charge in [0.25, 0.3) is 0 Å². The molecule has 0 aliphatic heterocycles. The molecule has 0 aromatic heterocycles. The van der Waals surface area contributed by atoms with Crippen LogP contribution >= 0.6 is 0 Å². The third-order valence-corrected chi connectivity index (χ3v) is 5.21. The second-order valence-electron chi connectivity index (χ2n) is 5.76. The number of rotatable bonds is 3. The van der Waals surface area contributed by atoms with Gasteiger partial charge in [0.15, 0.2) is 0 Å². The minimum atomic E-state index is 0.215. The lowest BCUT2D eigenvalue weighted by molar-refractivity contribution is -0.122. The molecule has 0 saturated heterocycles. The van der Waals surface area contributed by atoms with Crippen LogP contribution in [0.3, 0.4) is 0 Å². The molecular weight excluding hydrogens is 188 g/mol. The number of hydrogen-bond donors (Lipinski definition) is 1. The van der Waals surface area contributed by atoms with E-state index in [-0.39, 0.29) is 23.4 Å². The molecule has 15 heavy (non-hydrogen) atoms. The third-order valence-electron chi connectivity index (χ3n) is 5.21. The molecule has 2 nitrogen and oxygen atoms in total. The minimum absolute atomic E-state index is 0.215. The van der Waals surface area contributed by atoms with Crippen LogP contribution in [-0.2, 0) is 4.79 Å². The zero-order valence-electron chi connectivity index (χ0n) is 9.88. The molecule has 0 bridgehead atoms. The van der Waals surface area contributed by atoms with E-state index in [2.05, 4.69) is 13.8 Å². The number of carbonyl (C=O) groups excluding carboxylic acids is 1. The van der Waals surface area contributed by atoms with Crippen molar-refractivity contribution in [2.45, 2.75) is 52.4 Å². The minimum Gasteiger partial charge on any atom is -0.396 e. The van der Waals surface area contributed by atoms with Crippen LogP contribution in [0.1, 0.15) is 52.4 Å². The fourth-order valence-electron chi connectivity index (χ4n) is 4.23. The third kappa shape index (κ3) is 1.37. The summed E-state index contributed by atoms with van der Waals surface area (Å²) in [5, 5.41) is 8.99. The van der Waals surface area contributed by atoms with Gasteiger partial charge < -0.3 is 5.11 Å². The monoisotopic (exact) mass is 210 g/mol. The number of carbonyl (C=O) groups is 1. The van der Waals surface area contributed by atoms with Crippen LogP contribution in [0.5, 0.6) is 0 Å². The van der Waals surface area contributed by atoms with E-state index in [0.717, 1.165) is 19.3 Å². The molecule has 2 heteroatoms. The molecule has 2 rings (SSSR count). The van der Waals surface area contributed by atoms with Crippen LogP contribution in [-0.4, -0.2) is 17.5 Å². The van der Waals surface area contributed by atoms with Crippen LogP contribution in [0, 0.1) is 16.7 Å². The largest absolute Gasteiger partial charge is 0.396 e. The van der Waals surface area contributed by atoms with Crippen molar-refractivity contribution in [2.24, 2.45) is 16.7 Å². The molecule has 86 valence electrons. The summed E-state index contributed by atoms with van der Waals surface area (Å²) >= 11 is 0. The summed E-state index contributed by atoms with van der Waals surface area (Å²) in [6.45, 7) is 4.66. The number of hydrogen-bond acceptors (Lipinski definition) is 2. The van der Waals surface area contributed by atoms with Gasteiger partial charge in [-0.3, -0.25) is 4.79 Å². The number of fused-ring (bicyclic) bond motifs is 1. The van der Waals surface area contributed by atoms with Crippen LogP contribution in [0.25, 0.3) is 0 Å². The second-order valence-corrected chi connectivity index (χ2v) is 5.76. The zero-order chi connectivity index (χ0) is 11.1. The summed E-state index contributed by atoms with van der Waals surface area (Å²) in [7, 11) is 0. The fraction of sp³-hybridized carbons (Fsp3) is 0.923. The Morgan fingerprint density at radius 1 is 1.47 bits per heavy atom. The Bertz CT molecular complexity index is 274. The van der Waals surface area contributed by atoms with Crippen LogP contribution in [0.4, 0.5) is 0 Å². The van der Waals surface area contributed by atoms with Crippen molar-refractivity contribution in [1.82, 2.24) is 0 Å². The predicted octanol–water partition coefficient (Wildman–Crippen LogP) is 2.54. The van der Waals surface area contributed by atoms with Crippen LogP contribution < -0.4 is 0 Å². The standard InChI is InChI=1S/C13H22O2/c1-10-11(15)9-12(2)5-3-6-13(10,12)7-4-8-14/h10,14H,3-9H2,1-2H3/t10?,12-,13-/m1/s1. The van der Waals surface area contributed by atoms with Gasteiger partial charge in [0.2, 0.25) is 0 Å². The molecule has 0 radical (unpaired) electrons. The van der Waals surface area contributed by atoms with Crippen molar-refractivity contribution in [3.8, 4) is 0 Å². The average molecular weight is 210 g/mol. The highest BCUT2D eigenvalue weighted by atomic mass is 16.2. The first-order valence-corrected chi connectivity index (χ1v) is 6.19. The van der Waals surface area contributed by atoms with Crippen molar-refractivity contribution in [3.05, 3.63) is 0 Å². The van der Waals surface area contributed by atoms with E-state index in [4.69, 9.17) is 5.11 Å². The fourth-order valence-corrected chi connectivity index (χ4v) is 4.23. The maximum Gasteiger partial charge on any atom is 0.136 e. The number of Topliss-reactive ketones (excluding diaryl/α,β-unsaturated/α-hetero) is 1. The number of aliphatic hydroxyl groups is 1. The van der Waals surface area contributed by atoms with E-state index in [0.29, 0.717) is 5.78 Å². The van der Waals surface area contributed by atoms with Crippen molar-refractivity contribution >= 4 is 5.78 Å². The molecule has 0 aromatic carbocycles. The highest BCUT2D eigenvalue weighted by Gasteiger charge is 2.61. The van der Waals surface area contributed by atoms with E-state index in [1.54, 1.807) is 0 Å². The van der Waals surface area contributed by atoms with Gasteiger partial charge in [0, 0.05) is 18.9 Å². The van der Waals surface area contributed by atoms with Crippen molar-refractivity contribution in [3.63, 3.8) is 0 Å². The van der Waals surface area contributed by atoms with Gasteiger partial charge >= 0.3 is 0 Å². The summed E-state index contributed by atoms with van der Waals surface area (Å²) in [6.07, 6.45) is 6.32. The smallest absolute Gasteiger partial charge is 0.136 e. The first-order valence-electron chi connectivity index (χ1n) is 6.19. The summed E-state index contributed by atoms with van der Waals surface area (Å²) in [4.78, 5) is 11.9. The lowest BCUT2D eigenvalue weighted by Crippen LogP contribution is -2.34. The van der Waals surface area contributed by atoms with Gasteiger partial charge in [-0.15, -0.1) is 0 Å². The Morgan fingerprint density at radius 2 is 2.20 bits per heavy atom. The average Bonchev–Trinajstić information content (AvgIpc) is 2.59. The van der Waals surface area contributed by atoms with Crippen molar-refractivity contribution in [1.29, 1.82) is 0 Å². The van der Waals surface area contributed by atoms with Crippen molar-refractivity contribution in [2.75, 3.05) is 6.61 Å². The summed E-state index contributed by atoms with van der Waals surface area (Å²) < 4.78 is 0. The Hall–Kier alpha value is -0.370. The molecule has 2 aliphatic carbocycles. The highest BCUT2D eigenvalue weighted by molar-refractivity contribution is 5.85. The molecule has 3 atom stereocenters. The maximum absolute atomic E-state index is 11.9. The van der Waals surface area contributed by atoms with Crippen molar-refractivity contribution < 1.29 is 9.90 Å². The second kappa shape index (κ2) is 3.58. The summed E-state index contributed by atoms with van der Waals surface area (Å²) in [5.41, 5.74) is 0.450. The molecule has 2 fully saturated rings. The van der Waals surface area contributed by atoms with E-state index in [9.17, 15) is 4.79 Å². The zero-order valence-corrected chi connectivity index (χ0v) is 9.88. The SMILES string of the molecule is CC1C(=O)C[C@@]2(C)CCC[C@@]12CCCO. The normalized spacial score (nSPS) is 44.7. The maximum atomic E-state index is 11.9. The van der Waals surface area contributed by atoms with Gasteiger partial charge in [-0.2, -0.15) is 0 Å². The van der Waals surface area contributed by atoms with E-state index >= 15 is 0 Å². The topological polar surface area (TPSA) is 37.3 Å². The molecule has 1 unspecified atom stereocenters. The van der Waals surface area contributed by atoms with Crippen LogP contribution in [0.15, 0.2) is 0 Å². The van der Waals surface area contributed by atoms with Gasteiger partial charge in [0.1, 0.15) is 5.78 Å². The molecule has 1 N–H and O–H groups in total. The van der Waals surface area contributed by atoms with Gasteiger partial charge in [-0.1, -0.05) is 20.3 Å². The lowest BCUT2D eigenvalue weighted by atomic mass is 9.63. The molecule has 0 aromatic rings. The Morgan fingerprint density at radius 3 is 2.87 bits per heavy atom.